The molecule has 0 spiro atoms. The summed E-state index contributed by atoms with van der Waals surface area (Å²) in [7, 11) is -2.87. The van der Waals surface area contributed by atoms with E-state index in [-0.39, 0.29) is 27.1 Å². The zero-order valence-corrected chi connectivity index (χ0v) is 19.9. The topological polar surface area (TPSA) is 145 Å². The number of amides is 1. The maximum Gasteiger partial charge on any atom is 0.339 e. The number of para-hydroxylation sites is 1. The van der Waals surface area contributed by atoms with Gasteiger partial charge in [-0.25, -0.2) is 18.2 Å². The zero-order chi connectivity index (χ0) is 24.7. The highest BCUT2D eigenvalue weighted by molar-refractivity contribution is 7.99. The number of hydrogen-bond acceptors (Lipinski definition) is 9. The third kappa shape index (κ3) is 5.83. The number of carbonyl (C=O) groups excluding carboxylic acids is 2. The minimum absolute atomic E-state index is 0.0621. The molecule has 0 fully saturated rings. The third-order valence-corrected chi connectivity index (χ3v) is 7.07. The number of sulfone groups is 1. The smallest absolute Gasteiger partial charge is 0.339 e. The number of ether oxygens (including phenoxy) is 2. The number of aromatic amines is 1. The van der Waals surface area contributed by atoms with Crippen LogP contribution in [0.2, 0.25) is 0 Å². The Labute approximate surface area is 199 Å². The second-order valence-corrected chi connectivity index (χ2v) is 9.55. The van der Waals surface area contributed by atoms with Crippen LogP contribution in [0.25, 0.3) is 0 Å². The van der Waals surface area contributed by atoms with Crippen molar-refractivity contribution >= 4 is 39.2 Å². The van der Waals surface area contributed by atoms with Crippen LogP contribution < -0.4 is 15.6 Å². The molecule has 0 unspecified atom stereocenters. The van der Waals surface area contributed by atoms with Gasteiger partial charge in [-0.3, -0.25) is 9.59 Å². The molecule has 0 aliphatic rings. The predicted octanol–water partition coefficient (Wildman–Crippen LogP) is 2.52. The molecule has 0 aliphatic carbocycles. The number of nitrogens with one attached hydrogen (secondary N) is 2. The highest BCUT2D eigenvalue weighted by Crippen LogP contribution is 2.22. The fraction of sp³-hybridized carbons (Fsp3) is 0.182. The maximum absolute atomic E-state index is 12.8. The number of anilines is 1. The molecule has 3 rings (SSSR count). The average Bonchev–Trinajstić information content (AvgIpc) is 2.83. The van der Waals surface area contributed by atoms with Crippen molar-refractivity contribution in [3.8, 4) is 5.75 Å². The van der Waals surface area contributed by atoms with Gasteiger partial charge in [-0.05, 0) is 43.3 Å². The molecule has 34 heavy (non-hydrogen) atoms. The minimum Gasteiger partial charge on any atom is -0.494 e. The van der Waals surface area contributed by atoms with Gasteiger partial charge in [-0.1, -0.05) is 23.9 Å². The van der Waals surface area contributed by atoms with E-state index in [9.17, 15) is 22.8 Å². The molecule has 0 saturated heterocycles. The van der Waals surface area contributed by atoms with E-state index in [0.29, 0.717) is 12.4 Å². The summed E-state index contributed by atoms with van der Waals surface area (Å²) in [6.07, 6.45) is 0.956. The predicted molar refractivity (Wildman–Crippen MR) is 125 cm³/mol. The van der Waals surface area contributed by atoms with E-state index < -0.39 is 32.2 Å². The number of methoxy groups -OCH3 is 1. The minimum atomic E-state index is -4.10. The van der Waals surface area contributed by atoms with Gasteiger partial charge in [0.1, 0.15) is 5.75 Å². The summed E-state index contributed by atoms with van der Waals surface area (Å²) in [6.45, 7) is 2.24. The van der Waals surface area contributed by atoms with Gasteiger partial charge in [-0.15, -0.1) is 0 Å². The summed E-state index contributed by atoms with van der Waals surface area (Å²) >= 11 is 0.898. The van der Waals surface area contributed by atoms with Crippen LogP contribution in [0, 0.1) is 0 Å². The standard InChI is InChI=1S/C22H21N3O7S2/c1-3-32-14-8-10-15(11-9-14)34(29,30)18-12-23-22(25-20(18)27)33-13-19(26)24-17-7-5-4-6-16(17)21(28)31-2/h4-12H,3,13H2,1-2H3,(H,24,26)(H,23,25,27). The molecule has 2 N–H and O–H groups in total. The second-order valence-electron chi connectivity index (χ2n) is 6.66. The number of hydrogen-bond donors (Lipinski definition) is 2. The molecule has 12 heteroatoms. The van der Waals surface area contributed by atoms with E-state index in [2.05, 4.69) is 20.0 Å². The highest BCUT2D eigenvalue weighted by atomic mass is 32.2. The maximum atomic E-state index is 12.8. The van der Waals surface area contributed by atoms with Crippen LogP contribution in [0.1, 0.15) is 17.3 Å². The monoisotopic (exact) mass is 503 g/mol. The van der Waals surface area contributed by atoms with Gasteiger partial charge in [0, 0.05) is 0 Å². The summed E-state index contributed by atoms with van der Waals surface area (Å²) < 4.78 is 35.6. The lowest BCUT2D eigenvalue weighted by Gasteiger charge is -2.09. The van der Waals surface area contributed by atoms with Crippen molar-refractivity contribution < 1.29 is 27.5 Å². The van der Waals surface area contributed by atoms with Gasteiger partial charge in [-0.2, -0.15) is 0 Å². The van der Waals surface area contributed by atoms with Gasteiger partial charge in [0.15, 0.2) is 10.1 Å². The van der Waals surface area contributed by atoms with Crippen LogP contribution in [-0.2, 0) is 19.4 Å². The molecule has 0 aliphatic heterocycles. The fourth-order valence-corrected chi connectivity index (χ4v) is 4.71. The third-order valence-electron chi connectivity index (χ3n) is 4.42. The van der Waals surface area contributed by atoms with Crippen molar-refractivity contribution in [2.75, 3.05) is 24.8 Å². The van der Waals surface area contributed by atoms with E-state index in [4.69, 9.17) is 4.74 Å². The van der Waals surface area contributed by atoms with E-state index >= 15 is 0 Å². The Kier molecular flexibility index (Phi) is 8.08. The molecule has 178 valence electrons. The second kappa shape index (κ2) is 11.0. The first-order valence-corrected chi connectivity index (χ1v) is 12.4. The van der Waals surface area contributed by atoms with Crippen LogP contribution >= 0.6 is 11.8 Å². The SMILES string of the molecule is CCOc1ccc(S(=O)(=O)c2cnc(SCC(=O)Nc3ccccc3C(=O)OC)[nH]c2=O)cc1. The Morgan fingerprint density at radius 1 is 1.12 bits per heavy atom. The lowest BCUT2D eigenvalue weighted by molar-refractivity contribution is -0.113. The first kappa shape index (κ1) is 25.0. The molecule has 1 amide bonds. The van der Waals surface area contributed by atoms with E-state index in [1.54, 1.807) is 25.1 Å². The van der Waals surface area contributed by atoms with Gasteiger partial charge in [0.05, 0.1) is 41.8 Å². The molecule has 0 bridgehead atoms. The Bertz CT molecular complexity index is 1350. The summed E-state index contributed by atoms with van der Waals surface area (Å²) in [5.41, 5.74) is -0.389. The number of H-pyrrole nitrogens is 1. The summed E-state index contributed by atoms with van der Waals surface area (Å²) in [5.74, 6) is -0.703. The normalized spacial score (nSPS) is 11.0. The Balaban J connectivity index is 1.69. The van der Waals surface area contributed by atoms with Crippen molar-refractivity contribution in [1.82, 2.24) is 9.97 Å². The zero-order valence-electron chi connectivity index (χ0n) is 18.2. The summed E-state index contributed by atoms with van der Waals surface area (Å²) in [6, 6.07) is 12.0. The lowest BCUT2D eigenvalue weighted by atomic mass is 10.2. The van der Waals surface area contributed by atoms with Crippen molar-refractivity contribution in [1.29, 1.82) is 0 Å². The van der Waals surface area contributed by atoms with Crippen molar-refractivity contribution in [3.05, 3.63) is 70.6 Å². The fourth-order valence-electron chi connectivity index (χ4n) is 2.84. The number of thioether (sulfide) groups is 1. The van der Waals surface area contributed by atoms with E-state index in [1.165, 1.54) is 37.4 Å². The average molecular weight is 504 g/mol. The Hall–Kier alpha value is -3.64. The number of esters is 1. The van der Waals surface area contributed by atoms with Crippen LogP contribution in [0.15, 0.2) is 74.5 Å². The van der Waals surface area contributed by atoms with E-state index in [0.717, 1.165) is 18.0 Å². The lowest BCUT2D eigenvalue weighted by Crippen LogP contribution is -2.20. The number of nitrogens with zero attached hydrogens (tertiary/aromatic N) is 1. The molecule has 0 saturated carbocycles. The Morgan fingerprint density at radius 2 is 1.82 bits per heavy atom. The molecule has 0 atom stereocenters. The first-order valence-electron chi connectivity index (χ1n) is 9.93. The highest BCUT2D eigenvalue weighted by Gasteiger charge is 2.22. The molecule has 3 aromatic rings. The van der Waals surface area contributed by atoms with Crippen molar-refractivity contribution in [2.45, 2.75) is 21.9 Å². The number of carbonyl (C=O) groups is 2. The largest absolute Gasteiger partial charge is 0.494 e. The summed E-state index contributed by atoms with van der Waals surface area (Å²) in [4.78, 5) is 42.3. The van der Waals surface area contributed by atoms with E-state index in [1.807, 2.05) is 0 Å². The van der Waals surface area contributed by atoms with Gasteiger partial charge in [0.2, 0.25) is 15.7 Å². The number of benzene rings is 2. The van der Waals surface area contributed by atoms with Crippen molar-refractivity contribution in [2.24, 2.45) is 0 Å². The van der Waals surface area contributed by atoms with Crippen LogP contribution in [0.3, 0.4) is 0 Å². The van der Waals surface area contributed by atoms with Crippen molar-refractivity contribution in [3.63, 3.8) is 0 Å². The number of rotatable bonds is 9. The Morgan fingerprint density at radius 3 is 2.47 bits per heavy atom. The molecule has 10 nitrogen and oxygen atoms in total. The van der Waals surface area contributed by atoms with Gasteiger partial charge >= 0.3 is 5.97 Å². The molecular weight excluding hydrogens is 482 g/mol. The molecule has 0 radical (unpaired) electrons. The van der Waals surface area contributed by atoms with Gasteiger partial charge in [0.25, 0.3) is 5.56 Å². The first-order chi connectivity index (χ1) is 16.3. The summed E-state index contributed by atoms with van der Waals surface area (Å²) in [5, 5.41) is 2.66. The van der Waals surface area contributed by atoms with Gasteiger partial charge < -0.3 is 19.8 Å². The molecular formula is C22H21N3O7S2. The van der Waals surface area contributed by atoms with Crippen LogP contribution in [0.5, 0.6) is 5.75 Å². The molecule has 2 aromatic carbocycles. The number of aromatic nitrogens is 2. The van der Waals surface area contributed by atoms with Crippen LogP contribution in [0.4, 0.5) is 5.69 Å². The molecule has 1 aromatic heterocycles. The molecule has 1 heterocycles. The quantitative estimate of drug-likeness (QED) is 0.256. The van der Waals surface area contributed by atoms with Crippen LogP contribution in [-0.4, -0.2) is 49.7 Å².